The van der Waals surface area contributed by atoms with Gasteiger partial charge in [0.2, 0.25) is 0 Å². The van der Waals surface area contributed by atoms with Crippen LogP contribution in [-0.4, -0.2) is 5.67 Å². The highest BCUT2D eigenvalue weighted by molar-refractivity contribution is 6.30. The van der Waals surface area contributed by atoms with Crippen molar-refractivity contribution in [1.82, 2.24) is 0 Å². The van der Waals surface area contributed by atoms with Gasteiger partial charge in [-0.05, 0) is 30.5 Å². The Balaban J connectivity index is 2.03. The molecule has 1 aliphatic carbocycles. The average molecular weight is 227 g/mol. The number of hydrogen-bond acceptors (Lipinski definition) is 0. The fraction of sp³-hybridized carbons (Fsp3) is 0.538. The molecule has 0 heterocycles. The minimum Gasteiger partial charge on any atom is -0.244 e. The summed E-state index contributed by atoms with van der Waals surface area (Å²) < 4.78 is 14.3. The van der Waals surface area contributed by atoms with Crippen molar-refractivity contribution >= 4 is 11.6 Å². The maximum Gasteiger partial charge on any atom is 0.115 e. The van der Waals surface area contributed by atoms with Crippen molar-refractivity contribution in [2.75, 3.05) is 0 Å². The van der Waals surface area contributed by atoms with E-state index in [4.69, 9.17) is 11.6 Å². The normalized spacial score (nSPS) is 20.1. The molecule has 1 aromatic carbocycles. The van der Waals surface area contributed by atoms with Gasteiger partial charge in [0.15, 0.2) is 0 Å². The second-order valence-corrected chi connectivity index (χ2v) is 4.95. The van der Waals surface area contributed by atoms with Crippen LogP contribution in [0.2, 0.25) is 5.02 Å². The van der Waals surface area contributed by atoms with Crippen molar-refractivity contribution in [2.45, 2.75) is 44.2 Å². The van der Waals surface area contributed by atoms with E-state index in [0.717, 1.165) is 36.3 Å². The molecule has 0 spiro atoms. The predicted molar refractivity (Wildman–Crippen MR) is 62.1 cm³/mol. The van der Waals surface area contributed by atoms with E-state index >= 15 is 0 Å². The molecule has 0 saturated heterocycles. The Morgan fingerprint density at radius 2 is 1.67 bits per heavy atom. The Bertz CT molecular complexity index is 312. The number of hydrogen-bond donors (Lipinski definition) is 0. The molecule has 1 aromatic rings. The molecule has 0 aliphatic heterocycles. The first-order valence-electron chi connectivity index (χ1n) is 5.61. The lowest BCUT2D eigenvalue weighted by atomic mass is 9.82. The number of halogens is 2. The van der Waals surface area contributed by atoms with Crippen molar-refractivity contribution in [1.29, 1.82) is 0 Å². The van der Waals surface area contributed by atoms with Gasteiger partial charge in [-0.25, -0.2) is 4.39 Å². The smallest absolute Gasteiger partial charge is 0.115 e. The average Bonchev–Trinajstić information content (AvgIpc) is 2.22. The summed E-state index contributed by atoms with van der Waals surface area (Å²) in [4.78, 5) is 0. The summed E-state index contributed by atoms with van der Waals surface area (Å²) in [7, 11) is 0. The minimum absolute atomic E-state index is 0.546. The van der Waals surface area contributed by atoms with Gasteiger partial charge in [0.25, 0.3) is 0 Å². The Hall–Kier alpha value is -0.560. The van der Waals surface area contributed by atoms with Crippen LogP contribution in [0.5, 0.6) is 0 Å². The zero-order valence-corrected chi connectivity index (χ0v) is 9.56. The highest BCUT2D eigenvalue weighted by Crippen LogP contribution is 2.34. The Kier molecular flexibility index (Phi) is 3.30. The predicted octanol–water partition coefficient (Wildman–Crippen LogP) is 4.55. The summed E-state index contributed by atoms with van der Waals surface area (Å²) in [5.74, 6) is 0. The maximum atomic E-state index is 14.3. The van der Waals surface area contributed by atoms with E-state index in [1.807, 2.05) is 24.3 Å². The van der Waals surface area contributed by atoms with Crippen molar-refractivity contribution in [3.63, 3.8) is 0 Å². The molecule has 15 heavy (non-hydrogen) atoms. The van der Waals surface area contributed by atoms with Crippen LogP contribution in [0.3, 0.4) is 0 Å². The van der Waals surface area contributed by atoms with E-state index in [9.17, 15) is 4.39 Å². The van der Waals surface area contributed by atoms with Crippen LogP contribution >= 0.6 is 11.6 Å². The number of rotatable bonds is 2. The Morgan fingerprint density at radius 1 is 1.07 bits per heavy atom. The van der Waals surface area contributed by atoms with Crippen LogP contribution in [0.4, 0.5) is 4.39 Å². The lowest BCUT2D eigenvalue weighted by Gasteiger charge is -2.29. The molecule has 2 heteroatoms. The highest BCUT2D eigenvalue weighted by Gasteiger charge is 2.31. The summed E-state index contributed by atoms with van der Waals surface area (Å²) in [5.41, 5.74) is 0.0929. The lowest BCUT2D eigenvalue weighted by molar-refractivity contribution is 0.107. The topological polar surface area (TPSA) is 0 Å². The van der Waals surface area contributed by atoms with Gasteiger partial charge in [-0.2, -0.15) is 0 Å². The van der Waals surface area contributed by atoms with Crippen molar-refractivity contribution in [2.24, 2.45) is 0 Å². The summed E-state index contributed by atoms with van der Waals surface area (Å²) >= 11 is 5.80. The molecule has 0 bridgehead atoms. The summed E-state index contributed by atoms with van der Waals surface area (Å²) in [6, 6.07) is 7.53. The monoisotopic (exact) mass is 226 g/mol. The molecule has 1 fully saturated rings. The van der Waals surface area contributed by atoms with E-state index in [0.29, 0.717) is 6.42 Å². The van der Waals surface area contributed by atoms with Crippen LogP contribution in [0.1, 0.15) is 37.7 Å². The molecular weight excluding hydrogens is 211 g/mol. The van der Waals surface area contributed by atoms with E-state index in [2.05, 4.69) is 0 Å². The van der Waals surface area contributed by atoms with E-state index in [-0.39, 0.29) is 0 Å². The first kappa shape index (κ1) is 10.9. The molecule has 0 nitrogen and oxygen atoms in total. The SMILES string of the molecule is FC1(Cc2ccc(Cl)cc2)CCCCC1. The number of benzene rings is 1. The molecule has 0 atom stereocenters. The summed E-state index contributed by atoms with van der Waals surface area (Å²) in [6.45, 7) is 0. The van der Waals surface area contributed by atoms with Gasteiger partial charge < -0.3 is 0 Å². The fourth-order valence-electron chi connectivity index (χ4n) is 2.33. The number of alkyl halides is 1. The van der Waals surface area contributed by atoms with Crippen molar-refractivity contribution in [3.8, 4) is 0 Å². The van der Waals surface area contributed by atoms with Crippen LogP contribution < -0.4 is 0 Å². The van der Waals surface area contributed by atoms with Gasteiger partial charge >= 0.3 is 0 Å². The highest BCUT2D eigenvalue weighted by atomic mass is 35.5. The second kappa shape index (κ2) is 4.52. The molecule has 0 N–H and O–H groups in total. The van der Waals surface area contributed by atoms with E-state index in [1.165, 1.54) is 6.42 Å². The standard InChI is InChI=1S/C13H16ClF/c14-12-6-4-11(5-7-12)10-13(15)8-2-1-3-9-13/h4-7H,1-3,8-10H2. The molecule has 0 unspecified atom stereocenters. The zero-order chi connectivity index (χ0) is 10.7. The third-order valence-corrected chi connectivity index (χ3v) is 3.44. The molecular formula is C13H16ClF. The van der Waals surface area contributed by atoms with E-state index in [1.54, 1.807) is 0 Å². The molecule has 0 amide bonds. The maximum absolute atomic E-state index is 14.3. The van der Waals surface area contributed by atoms with Crippen LogP contribution in [0, 0.1) is 0 Å². The van der Waals surface area contributed by atoms with Gasteiger partial charge in [0, 0.05) is 11.4 Å². The van der Waals surface area contributed by atoms with Crippen LogP contribution in [-0.2, 0) is 6.42 Å². The molecule has 82 valence electrons. The van der Waals surface area contributed by atoms with Gasteiger partial charge in [-0.1, -0.05) is 43.0 Å². The molecule has 1 aliphatic rings. The minimum atomic E-state index is -0.966. The van der Waals surface area contributed by atoms with Gasteiger partial charge in [-0.3, -0.25) is 0 Å². The van der Waals surface area contributed by atoms with Crippen molar-refractivity contribution < 1.29 is 4.39 Å². The van der Waals surface area contributed by atoms with E-state index < -0.39 is 5.67 Å². The molecule has 0 radical (unpaired) electrons. The fourth-order valence-corrected chi connectivity index (χ4v) is 2.46. The van der Waals surface area contributed by atoms with Gasteiger partial charge in [0.1, 0.15) is 5.67 Å². The third kappa shape index (κ3) is 2.94. The zero-order valence-electron chi connectivity index (χ0n) is 8.81. The van der Waals surface area contributed by atoms with Crippen LogP contribution in [0.25, 0.3) is 0 Å². The molecule has 1 saturated carbocycles. The van der Waals surface area contributed by atoms with Crippen molar-refractivity contribution in [3.05, 3.63) is 34.9 Å². The van der Waals surface area contributed by atoms with Gasteiger partial charge in [0.05, 0.1) is 0 Å². The Morgan fingerprint density at radius 3 is 2.27 bits per heavy atom. The Labute approximate surface area is 95.4 Å². The van der Waals surface area contributed by atoms with Gasteiger partial charge in [-0.15, -0.1) is 0 Å². The molecule has 0 aromatic heterocycles. The third-order valence-electron chi connectivity index (χ3n) is 3.18. The largest absolute Gasteiger partial charge is 0.244 e. The summed E-state index contributed by atoms with van der Waals surface area (Å²) in [6.07, 6.45) is 5.23. The lowest BCUT2D eigenvalue weighted by Crippen LogP contribution is -2.28. The molecule has 2 rings (SSSR count). The quantitative estimate of drug-likeness (QED) is 0.694. The first-order valence-corrected chi connectivity index (χ1v) is 5.99. The van der Waals surface area contributed by atoms with Crippen LogP contribution in [0.15, 0.2) is 24.3 Å². The first-order chi connectivity index (χ1) is 7.18. The summed E-state index contributed by atoms with van der Waals surface area (Å²) in [5, 5.41) is 0.718. The second-order valence-electron chi connectivity index (χ2n) is 4.51.